The van der Waals surface area contributed by atoms with Crippen molar-refractivity contribution in [1.29, 1.82) is 0 Å². The average molecular weight is 265 g/mol. The van der Waals surface area contributed by atoms with Crippen LogP contribution in [0, 0.1) is 0 Å². The van der Waals surface area contributed by atoms with Gasteiger partial charge in [0.1, 0.15) is 5.82 Å². The van der Waals surface area contributed by atoms with Crippen molar-refractivity contribution < 1.29 is 13.2 Å². The number of rotatable bonds is 3. The van der Waals surface area contributed by atoms with Crippen LogP contribution in [0.1, 0.15) is 17.3 Å². The minimum atomic E-state index is -3.75. The quantitative estimate of drug-likeness (QED) is 0.832. The molecule has 0 aliphatic carbocycles. The fourth-order valence-corrected chi connectivity index (χ4v) is 2.54. The zero-order valence-corrected chi connectivity index (χ0v) is 10.4. The second-order valence-corrected chi connectivity index (χ2v) is 5.49. The van der Waals surface area contributed by atoms with E-state index in [2.05, 4.69) is 5.10 Å². The van der Waals surface area contributed by atoms with Gasteiger partial charge in [0.2, 0.25) is 0 Å². The summed E-state index contributed by atoms with van der Waals surface area (Å²) in [7, 11) is -3.75. The van der Waals surface area contributed by atoms with E-state index in [1.54, 1.807) is 0 Å². The molecule has 6 nitrogen and oxygen atoms in total. The summed E-state index contributed by atoms with van der Waals surface area (Å²) in [6.07, 6.45) is 1.27. The van der Waals surface area contributed by atoms with E-state index in [1.165, 1.54) is 43.5 Å². The number of hydrogen-bond donors (Lipinski definition) is 1. The number of nitrogens with two attached hydrogens (primary N) is 1. The minimum Gasteiger partial charge on any atom is -0.382 e. The summed E-state index contributed by atoms with van der Waals surface area (Å²) >= 11 is 0. The number of carbonyl (C=O) groups excluding carboxylic acids is 1. The molecule has 1 heterocycles. The van der Waals surface area contributed by atoms with E-state index in [4.69, 9.17) is 5.73 Å². The van der Waals surface area contributed by atoms with E-state index in [9.17, 15) is 13.2 Å². The molecule has 7 heteroatoms. The van der Waals surface area contributed by atoms with Crippen molar-refractivity contribution >= 4 is 21.6 Å². The molecule has 0 atom stereocenters. The highest BCUT2D eigenvalue weighted by Crippen LogP contribution is 2.15. The Morgan fingerprint density at radius 3 is 2.28 bits per heavy atom. The van der Waals surface area contributed by atoms with Crippen LogP contribution in [0.3, 0.4) is 0 Å². The zero-order chi connectivity index (χ0) is 13.3. The molecule has 94 valence electrons. The third-order valence-electron chi connectivity index (χ3n) is 2.39. The molecule has 18 heavy (non-hydrogen) atoms. The molecule has 1 aromatic carbocycles. The standard InChI is InChI=1S/C11H11N3O3S/c1-8(15)9-2-4-10(5-3-9)18(16,17)14-7-6-11(12)13-14/h2-7H,1H3,(H2,12,13). The average Bonchev–Trinajstić information content (AvgIpc) is 2.76. The SMILES string of the molecule is CC(=O)c1ccc(S(=O)(=O)n2ccc(N)n2)cc1. The molecule has 0 aliphatic heterocycles. The monoisotopic (exact) mass is 265 g/mol. The van der Waals surface area contributed by atoms with Gasteiger partial charge in [-0.25, -0.2) is 0 Å². The molecule has 0 radical (unpaired) electrons. The highest BCUT2D eigenvalue weighted by molar-refractivity contribution is 7.89. The lowest BCUT2D eigenvalue weighted by Crippen LogP contribution is -2.14. The Balaban J connectivity index is 2.45. The van der Waals surface area contributed by atoms with E-state index in [-0.39, 0.29) is 16.5 Å². The molecule has 2 rings (SSSR count). The number of anilines is 1. The maximum absolute atomic E-state index is 12.1. The van der Waals surface area contributed by atoms with Crippen molar-refractivity contribution in [2.45, 2.75) is 11.8 Å². The predicted octanol–water partition coefficient (Wildman–Crippen LogP) is 0.905. The van der Waals surface area contributed by atoms with Crippen molar-refractivity contribution in [1.82, 2.24) is 9.19 Å². The maximum Gasteiger partial charge on any atom is 0.283 e. The van der Waals surface area contributed by atoms with Crippen molar-refractivity contribution in [2.24, 2.45) is 0 Å². The summed E-state index contributed by atoms with van der Waals surface area (Å²) < 4.78 is 25.0. The van der Waals surface area contributed by atoms with E-state index in [0.717, 1.165) is 4.09 Å². The van der Waals surface area contributed by atoms with Gasteiger partial charge in [0.05, 0.1) is 4.90 Å². The maximum atomic E-state index is 12.1. The first-order chi connectivity index (χ1) is 8.41. The van der Waals surface area contributed by atoms with Gasteiger partial charge in [0, 0.05) is 17.8 Å². The lowest BCUT2D eigenvalue weighted by molar-refractivity contribution is 0.101. The smallest absolute Gasteiger partial charge is 0.283 e. The van der Waals surface area contributed by atoms with E-state index >= 15 is 0 Å². The van der Waals surface area contributed by atoms with Gasteiger partial charge in [0.15, 0.2) is 5.78 Å². The Labute approximate surface area is 104 Å². The summed E-state index contributed by atoms with van der Waals surface area (Å²) in [5.74, 6) is 0.00112. The first-order valence-corrected chi connectivity index (χ1v) is 6.53. The van der Waals surface area contributed by atoms with Crippen molar-refractivity contribution in [3.8, 4) is 0 Å². The second-order valence-electron chi connectivity index (χ2n) is 3.70. The van der Waals surface area contributed by atoms with Crippen molar-refractivity contribution in [3.63, 3.8) is 0 Å². The van der Waals surface area contributed by atoms with E-state index < -0.39 is 10.0 Å². The molecule has 0 fully saturated rings. The van der Waals surface area contributed by atoms with Gasteiger partial charge >= 0.3 is 0 Å². The molecule has 0 amide bonds. The minimum absolute atomic E-state index is 0.0515. The Morgan fingerprint density at radius 1 is 1.22 bits per heavy atom. The molecule has 0 saturated heterocycles. The number of nitrogens with zero attached hydrogens (tertiary/aromatic N) is 2. The van der Waals surface area contributed by atoms with Gasteiger partial charge in [-0.05, 0) is 19.1 Å². The van der Waals surface area contributed by atoms with Gasteiger partial charge in [-0.15, -0.1) is 5.10 Å². The molecule has 0 spiro atoms. The van der Waals surface area contributed by atoms with Gasteiger partial charge in [-0.2, -0.15) is 12.5 Å². The summed E-state index contributed by atoms with van der Waals surface area (Å²) in [4.78, 5) is 11.1. The summed E-state index contributed by atoms with van der Waals surface area (Å²) in [5.41, 5.74) is 5.83. The third kappa shape index (κ3) is 2.12. The number of benzene rings is 1. The second kappa shape index (κ2) is 4.26. The van der Waals surface area contributed by atoms with Crippen LogP contribution in [0.5, 0.6) is 0 Å². The van der Waals surface area contributed by atoms with E-state index in [0.29, 0.717) is 5.56 Å². The fraction of sp³-hybridized carbons (Fsp3) is 0.0909. The molecule has 2 aromatic rings. The molecule has 0 unspecified atom stereocenters. The zero-order valence-electron chi connectivity index (χ0n) is 9.57. The normalized spacial score (nSPS) is 11.4. The van der Waals surface area contributed by atoms with Gasteiger partial charge in [-0.1, -0.05) is 12.1 Å². The Bertz CT molecular complexity index is 687. The van der Waals surface area contributed by atoms with Gasteiger partial charge in [0.25, 0.3) is 10.0 Å². The molecule has 0 saturated carbocycles. The lowest BCUT2D eigenvalue weighted by Gasteiger charge is -2.04. The van der Waals surface area contributed by atoms with Gasteiger partial charge < -0.3 is 5.73 Å². The van der Waals surface area contributed by atoms with Crippen LogP contribution in [0.15, 0.2) is 41.4 Å². The van der Waals surface area contributed by atoms with Crippen molar-refractivity contribution in [3.05, 3.63) is 42.1 Å². The van der Waals surface area contributed by atoms with Crippen LogP contribution in [-0.4, -0.2) is 23.4 Å². The highest BCUT2D eigenvalue weighted by Gasteiger charge is 2.17. The van der Waals surface area contributed by atoms with Crippen LogP contribution in [0.4, 0.5) is 5.82 Å². The van der Waals surface area contributed by atoms with Crippen LogP contribution in [0.25, 0.3) is 0 Å². The number of nitrogen functional groups attached to an aromatic ring is 1. The number of hydrogen-bond acceptors (Lipinski definition) is 5. The molecular formula is C11H11N3O3S. The van der Waals surface area contributed by atoms with Crippen LogP contribution in [0.2, 0.25) is 0 Å². The number of carbonyl (C=O) groups is 1. The fourth-order valence-electron chi connectivity index (χ4n) is 1.42. The number of Topliss-reactive ketones (excluding diaryl/α,β-unsaturated/α-hetero) is 1. The predicted molar refractivity (Wildman–Crippen MR) is 65.7 cm³/mol. The topological polar surface area (TPSA) is 95.0 Å². The van der Waals surface area contributed by atoms with Crippen LogP contribution < -0.4 is 5.73 Å². The molecule has 0 bridgehead atoms. The molecule has 1 aromatic heterocycles. The van der Waals surface area contributed by atoms with Crippen molar-refractivity contribution in [2.75, 3.05) is 5.73 Å². The first kappa shape index (κ1) is 12.3. The highest BCUT2D eigenvalue weighted by atomic mass is 32.2. The lowest BCUT2D eigenvalue weighted by atomic mass is 10.2. The Hall–Kier alpha value is -2.15. The third-order valence-corrected chi connectivity index (χ3v) is 3.96. The summed E-state index contributed by atoms with van der Waals surface area (Å²) in [5, 5.41) is 3.66. The number of aromatic nitrogens is 2. The number of ketones is 1. The largest absolute Gasteiger partial charge is 0.382 e. The molecule has 2 N–H and O–H groups in total. The van der Waals surface area contributed by atoms with Crippen LogP contribution >= 0.6 is 0 Å². The molecular weight excluding hydrogens is 254 g/mol. The summed E-state index contributed by atoms with van der Waals surface area (Å²) in [6.45, 7) is 1.41. The first-order valence-electron chi connectivity index (χ1n) is 5.09. The summed E-state index contributed by atoms with van der Waals surface area (Å²) in [6, 6.07) is 7.04. The van der Waals surface area contributed by atoms with E-state index in [1.807, 2.05) is 0 Å². The molecule has 0 aliphatic rings. The Kier molecular flexibility index (Phi) is 2.92. The van der Waals surface area contributed by atoms with Gasteiger partial charge in [-0.3, -0.25) is 4.79 Å². The van der Waals surface area contributed by atoms with Crippen LogP contribution in [-0.2, 0) is 10.0 Å². The Morgan fingerprint density at radius 2 is 1.83 bits per heavy atom.